The number of nitrogens with zero attached hydrogens (tertiary/aromatic N) is 5. The number of pyridine rings is 1. The summed E-state index contributed by atoms with van der Waals surface area (Å²) in [6.07, 6.45) is 4.18. The molecule has 148 valence electrons. The number of hydrogen-bond acceptors (Lipinski definition) is 6. The van der Waals surface area contributed by atoms with Crippen molar-refractivity contribution >= 4 is 11.7 Å². The van der Waals surface area contributed by atoms with Gasteiger partial charge in [0, 0.05) is 49.7 Å². The zero-order valence-electron chi connectivity index (χ0n) is 16.8. The SMILES string of the molecule is COc1ccc(C(=O)N2CCc3c(nc(-c4ccncc4)nc3N(C)C)C2)cc1. The van der Waals surface area contributed by atoms with Crippen LogP contribution in [0.25, 0.3) is 11.4 Å². The van der Waals surface area contributed by atoms with Crippen LogP contribution in [-0.2, 0) is 13.0 Å². The van der Waals surface area contributed by atoms with E-state index in [1.807, 2.05) is 36.0 Å². The Morgan fingerprint density at radius 3 is 2.45 bits per heavy atom. The van der Waals surface area contributed by atoms with Crippen LogP contribution in [0.4, 0.5) is 5.82 Å². The average Bonchev–Trinajstić information content (AvgIpc) is 2.78. The third kappa shape index (κ3) is 3.76. The summed E-state index contributed by atoms with van der Waals surface area (Å²) < 4.78 is 5.18. The third-order valence-electron chi connectivity index (χ3n) is 5.03. The van der Waals surface area contributed by atoms with Crippen molar-refractivity contribution in [2.24, 2.45) is 0 Å². The Bertz CT molecular complexity index is 1020. The summed E-state index contributed by atoms with van der Waals surface area (Å²) in [4.78, 5) is 30.5. The molecule has 1 aliphatic heterocycles. The number of carbonyl (C=O) groups excluding carboxylic acids is 1. The van der Waals surface area contributed by atoms with Crippen molar-refractivity contribution in [3.05, 3.63) is 65.6 Å². The van der Waals surface area contributed by atoms with Crippen molar-refractivity contribution in [1.82, 2.24) is 19.9 Å². The molecule has 0 saturated carbocycles. The van der Waals surface area contributed by atoms with Crippen LogP contribution in [0.1, 0.15) is 21.6 Å². The van der Waals surface area contributed by atoms with Gasteiger partial charge in [-0.2, -0.15) is 0 Å². The van der Waals surface area contributed by atoms with Crippen LogP contribution < -0.4 is 9.64 Å². The smallest absolute Gasteiger partial charge is 0.254 e. The molecule has 0 unspecified atom stereocenters. The fourth-order valence-electron chi connectivity index (χ4n) is 3.50. The van der Waals surface area contributed by atoms with Gasteiger partial charge in [-0.1, -0.05) is 0 Å². The molecule has 0 radical (unpaired) electrons. The van der Waals surface area contributed by atoms with Gasteiger partial charge in [-0.25, -0.2) is 9.97 Å². The molecule has 1 aliphatic rings. The highest BCUT2D eigenvalue weighted by atomic mass is 16.5. The van der Waals surface area contributed by atoms with E-state index in [-0.39, 0.29) is 5.91 Å². The molecule has 29 heavy (non-hydrogen) atoms. The lowest BCUT2D eigenvalue weighted by Gasteiger charge is -2.30. The average molecular weight is 389 g/mol. The zero-order valence-corrected chi connectivity index (χ0v) is 16.8. The first-order valence-electron chi connectivity index (χ1n) is 9.47. The third-order valence-corrected chi connectivity index (χ3v) is 5.03. The summed E-state index contributed by atoms with van der Waals surface area (Å²) in [6, 6.07) is 11.0. The number of amides is 1. The molecule has 0 bridgehead atoms. The minimum Gasteiger partial charge on any atom is -0.497 e. The van der Waals surface area contributed by atoms with Gasteiger partial charge in [0.05, 0.1) is 19.3 Å². The molecule has 4 rings (SSSR count). The highest BCUT2D eigenvalue weighted by Gasteiger charge is 2.27. The van der Waals surface area contributed by atoms with Gasteiger partial charge in [0.15, 0.2) is 5.82 Å². The monoisotopic (exact) mass is 389 g/mol. The second-order valence-corrected chi connectivity index (χ2v) is 7.13. The minimum absolute atomic E-state index is 0.00576. The molecular formula is C22H23N5O2. The fourth-order valence-corrected chi connectivity index (χ4v) is 3.50. The van der Waals surface area contributed by atoms with Crippen molar-refractivity contribution < 1.29 is 9.53 Å². The molecule has 0 fully saturated rings. The van der Waals surface area contributed by atoms with Crippen LogP contribution >= 0.6 is 0 Å². The Balaban J connectivity index is 1.67. The van der Waals surface area contributed by atoms with E-state index in [0.29, 0.717) is 24.5 Å². The number of hydrogen-bond donors (Lipinski definition) is 0. The van der Waals surface area contributed by atoms with E-state index in [1.54, 1.807) is 43.8 Å². The van der Waals surface area contributed by atoms with Gasteiger partial charge in [0.2, 0.25) is 0 Å². The molecule has 1 amide bonds. The molecule has 0 N–H and O–H groups in total. The lowest BCUT2D eigenvalue weighted by atomic mass is 10.0. The largest absolute Gasteiger partial charge is 0.497 e. The van der Waals surface area contributed by atoms with Crippen molar-refractivity contribution in [3.63, 3.8) is 0 Å². The molecule has 7 heteroatoms. The molecule has 0 aliphatic carbocycles. The maximum atomic E-state index is 13.0. The number of fused-ring (bicyclic) bond motifs is 1. The maximum Gasteiger partial charge on any atom is 0.254 e. The second-order valence-electron chi connectivity index (χ2n) is 7.13. The van der Waals surface area contributed by atoms with Crippen molar-refractivity contribution in [2.75, 3.05) is 32.6 Å². The van der Waals surface area contributed by atoms with Gasteiger partial charge in [-0.05, 0) is 42.8 Å². The van der Waals surface area contributed by atoms with Crippen LogP contribution in [0.3, 0.4) is 0 Å². The normalized spacial score (nSPS) is 13.0. The molecule has 0 spiro atoms. The summed E-state index contributed by atoms with van der Waals surface area (Å²) in [7, 11) is 5.57. The van der Waals surface area contributed by atoms with Crippen molar-refractivity contribution in [3.8, 4) is 17.1 Å². The number of rotatable bonds is 4. The van der Waals surface area contributed by atoms with Crippen molar-refractivity contribution in [1.29, 1.82) is 0 Å². The lowest BCUT2D eigenvalue weighted by Crippen LogP contribution is -2.37. The van der Waals surface area contributed by atoms with Gasteiger partial charge in [0.1, 0.15) is 11.6 Å². The Hall–Kier alpha value is -3.48. The van der Waals surface area contributed by atoms with E-state index in [4.69, 9.17) is 14.7 Å². The molecule has 0 saturated heterocycles. The number of benzene rings is 1. The molecule has 3 aromatic rings. The lowest BCUT2D eigenvalue weighted by molar-refractivity contribution is 0.0732. The summed E-state index contributed by atoms with van der Waals surface area (Å²) in [5.41, 5.74) is 3.55. The van der Waals surface area contributed by atoms with Gasteiger partial charge in [-0.15, -0.1) is 0 Å². The fraction of sp³-hybridized carbons (Fsp3) is 0.273. The number of anilines is 1. The quantitative estimate of drug-likeness (QED) is 0.683. The van der Waals surface area contributed by atoms with E-state index in [1.165, 1.54) is 0 Å². The van der Waals surface area contributed by atoms with Gasteiger partial charge >= 0.3 is 0 Å². The van der Waals surface area contributed by atoms with Crippen LogP contribution in [0.15, 0.2) is 48.8 Å². The first-order valence-corrected chi connectivity index (χ1v) is 9.47. The Kier molecular flexibility index (Phi) is 5.12. The number of aromatic nitrogens is 3. The van der Waals surface area contributed by atoms with Crippen LogP contribution in [0.5, 0.6) is 5.75 Å². The minimum atomic E-state index is -0.00576. The summed E-state index contributed by atoms with van der Waals surface area (Å²) >= 11 is 0. The number of carbonyl (C=O) groups is 1. The number of methoxy groups -OCH3 is 1. The Morgan fingerprint density at radius 2 is 1.79 bits per heavy atom. The van der Waals surface area contributed by atoms with Gasteiger partial charge in [-0.3, -0.25) is 9.78 Å². The molecule has 0 atom stereocenters. The molecular weight excluding hydrogens is 366 g/mol. The first-order chi connectivity index (χ1) is 14.1. The summed E-state index contributed by atoms with van der Waals surface area (Å²) in [6.45, 7) is 1.10. The van der Waals surface area contributed by atoms with E-state index >= 15 is 0 Å². The molecule has 2 aromatic heterocycles. The van der Waals surface area contributed by atoms with Gasteiger partial charge < -0.3 is 14.5 Å². The molecule has 3 heterocycles. The standard InChI is InChI=1S/C22H23N5O2/c1-26(2)21-18-10-13-27(22(28)16-4-6-17(29-3)7-5-16)14-19(18)24-20(25-21)15-8-11-23-12-9-15/h4-9,11-12H,10,13-14H2,1-3H3. The summed E-state index contributed by atoms with van der Waals surface area (Å²) in [5.74, 6) is 2.27. The first kappa shape index (κ1) is 18.9. The van der Waals surface area contributed by atoms with Crippen LogP contribution in [-0.4, -0.2) is 53.5 Å². The Labute approximate surface area is 170 Å². The van der Waals surface area contributed by atoms with Crippen molar-refractivity contribution in [2.45, 2.75) is 13.0 Å². The zero-order chi connectivity index (χ0) is 20.4. The van der Waals surface area contributed by atoms with Gasteiger partial charge in [0.25, 0.3) is 5.91 Å². The van der Waals surface area contributed by atoms with E-state index in [2.05, 4.69) is 4.98 Å². The second kappa shape index (κ2) is 7.87. The van der Waals surface area contributed by atoms with Crippen LogP contribution in [0.2, 0.25) is 0 Å². The molecule has 1 aromatic carbocycles. The van der Waals surface area contributed by atoms with E-state index in [9.17, 15) is 4.79 Å². The van der Waals surface area contributed by atoms with E-state index in [0.717, 1.165) is 34.8 Å². The highest BCUT2D eigenvalue weighted by Crippen LogP contribution is 2.29. The van der Waals surface area contributed by atoms with Crippen LogP contribution in [0, 0.1) is 0 Å². The molecule has 7 nitrogen and oxygen atoms in total. The maximum absolute atomic E-state index is 13.0. The highest BCUT2D eigenvalue weighted by molar-refractivity contribution is 5.94. The summed E-state index contributed by atoms with van der Waals surface area (Å²) in [5, 5.41) is 0. The predicted molar refractivity (Wildman–Crippen MR) is 111 cm³/mol. The topological polar surface area (TPSA) is 71.5 Å². The van der Waals surface area contributed by atoms with E-state index < -0.39 is 0 Å². The Morgan fingerprint density at radius 1 is 1.07 bits per heavy atom. The number of ether oxygens (including phenoxy) is 1. The predicted octanol–water partition coefficient (Wildman–Crippen LogP) is 2.81.